The monoisotopic (exact) mass is 667 g/mol. The number of benzene rings is 2. The third-order valence-corrected chi connectivity index (χ3v) is 7.99. The second kappa shape index (κ2) is 18.2. The molecule has 0 aliphatic carbocycles. The number of anilines is 1. The SMILES string of the molecule is CC(C)CC(NC(=O)c1cc(C(=O)NC(C)c2ccccc2)cc(N(C)C(=O)O)c1)C(O)CC(C)C(=O)NC(C(=O)NC(C)C)C(C)C. The zero-order valence-electron chi connectivity index (χ0n) is 29.5. The van der Waals surface area contributed by atoms with E-state index in [1.165, 1.54) is 25.2 Å². The summed E-state index contributed by atoms with van der Waals surface area (Å²) in [5.41, 5.74) is 1.09. The van der Waals surface area contributed by atoms with Crippen LogP contribution in [-0.2, 0) is 9.59 Å². The van der Waals surface area contributed by atoms with Crippen LogP contribution in [0.3, 0.4) is 0 Å². The van der Waals surface area contributed by atoms with Crippen molar-refractivity contribution in [2.45, 2.75) is 98.5 Å². The summed E-state index contributed by atoms with van der Waals surface area (Å²) in [5, 5.41) is 32.3. The van der Waals surface area contributed by atoms with E-state index in [0.29, 0.717) is 6.42 Å². The molecule has 5 amide bonds. The number of aliphatic hydroxyl groups excluding tert-OH is 1. The summed E-state index contributed by atoms with van der Waals surface area (Å²) in [6, 6.07) is 11.5. The lowest BCUT2D eigenvalue weighted by molar-refractivity contribution is -0.132. The minimum absolute atomic E-state index is 0.00688. The molecule has 48 heavy (non-hydrogen) atoms. The molecular formula is C36H53N5O7. The van der Waals surface area contributed by atoms with Gasteiger partial charge in [0, 0.05) is 35.8 Å². The number of rotatable bonds is 16. The number of carboxylic acid groups (broad SMARTS) is 1. The van der Waals surface area contributed by atoms with E-state index >= 15 is 0 Å². The summed E-state index contributed by atoms with van der Waals surface area (Å²) in [6.45, 7) is 14.7. The van der Waals surface area contributed by atoms with Crippen LogP contribution in [0.2, 0.25) is 0 Å². The zero-order valence-corrected chi connectivity index (χ0v) is 29.5. The Morgan fingerprint density at radius 1 is 0.729 bits per heavy atom. The molecule has 5 unspecified atom stereocenters. The minimum atomic E-state index is -1.28. The van der Waals surface area contributed by atoms with Crippen molar-refractivity contribution in [2.75, 3.05) is 11.9 Å². The second-order valence-corrected chi connectivity index (χ2v) is 13.5. The highest BCUT2D eigenvalue weighted by Gasteiger charge is 2.31. The molecule has 0 aliphatic heterocycles. The van der Waals surface area contributed by atoms with E-state index in [2.05, 4.69) is 21.3 Å². The molecule has 0 heterocycles. The van der Waals surface area contributed by atoms with Crippen LogP contribution >= 0.6 is 0 Å². The molecule has 0 fully saturated rings. The van der Waals surface area contributed by atoms with Gasteiger partial charge in [-0.3, -0.25) is 24.1 Å². The Morgan fingerprint density at radius 2 is 1.29 bits per heavy atom. The van der Waals surface area contributed by atoms with E-state index in [9.17, 15) is 34.2 Å². The normalized spacial score (nSPS) is 14.4. The molecular weight excluding hydrogens is 614 g/mol. The number of hydrogen-bond donors (Lipinski definition) is 6. The summed E-state index contributed by atoms with van der Waals surface area (Å²) < 4.78 is 0. The Morgan fingerprint density at radius 3 is 1.79 bits per heavy atom. The maximum absolute atomic E-state index is 13.7. The number of nitrogens with one attached hydrogen (secondary N) is 4. The van der Waals surface area contributed by atoms with Crippen LogP contribution in [0.4, 0.5) is 10.5 Å². The number of aliphatic hydroxyl groups is 1. The molecule has 12 heteroatoms. The fourth-order valence-corrected chi connectivity index (χ4v) is 5.19. The van der Waals surface area contributed by atoms with Crippen molar-refractivity contribution < 1.29 is 34.2 Å². The molecule has 2 rings (SSSR count). The van der Waals surface area contributed by atoms with Gasteiger partial charge in [-0.1, -0.05) is 65.0 Å². The Hall–Kier alpha value is -4.45. The third kappa shape index (κ3) is 12.0. The summed E-state index contributed by atoms with van der Waals surface area (Å²) >= 11 is 0. The lowest BCUT2D eigenvalue weighted by atomic mass is 9.91. The summed E-state index contributed by atoms with van der Waals surface area (Å²) in [4.78, 5) is 65.5. The highest BCUT2D eigenvalue weighted by Crippen LogP contribution is 2.22. The third-order valence-electron chi connectivity index (χ3n) is 7.99. The van der Waals surface area contributed by atoms with Crippen LogP contribution in [0, 0.1) is 17.8 Å². The largest absolute Gasteiger partial charge is 0.465 e. The lowest BCUT2D eigenvalue weighted by Gasteiger charge is -2.29. The van der Waals surface area contributed by atoms with Crippen molar-refractivity contribution >= 4 is 35.4 Å². The fraction of sp³-hybridized carbons (Fsp3) is 0.528. The molecule has 0 saturated heterocycles. The van der Waals surface area contributed by atoms with Gasteiger partial charge in [-0.05, 0) is 69.2 Å². The van der Waals surface area contributed by atoms with Crippen molar-refractivity contribution in [2.24, 2.45) is 17.8 Å². The van der Waals surface area contributed by atoms with E-state index in [-0.39, 0.29) is 53.1 Å². The van der Waals surface area contributed by atoms with Gasteiger partial charge in [-0.15, -0.1) is 0 Å². The predicted molar refractivity (Wildman–Crippen MR) is 186 cm³/mol. The number of nitrogens with zero attached hydrogens (tertiary/aromatic N) is 1. The summed E-state index contributed by atoms with van der Waals surface area (Å²) in [7, 11) is 1.31. The van der Waals surface area contributed by atoms with Gasteiger partial charge in [0.05, 0.1) is 18.2 Å². The number of carbonyl (C=O) groups excluding carboxylic acids is 4. The fourth-order valence-electron chi connectivity index (χ4n) is 5.19. The molecule has 0 aliphatic rings. The summed E-state index contributed by atoms with van der Waals surface area (Å²) in [5.74, 6) is -2.59. The molecule has 2 aromatic rings. The van der Waals surface area contributed by atoms with Gasteiger partial charge in [0.1, 0.15) is 6.04 Å². The molecule has 5 atom stereocenters. The van der Waals surface area contributed by atoms with Gasteiger partial charge < -0.3 is 31.5 Å². The smallest absolute Gasteiger partial charge is 0.411 e. The van der Waals surface area contributed by atoms with Crippen LogP contribution in [0.5, 0.6) is 0 Å². The number of amides is 5. The van der Waals surface area contributed by atoms with Crippen LogP contribution < -0.4 is 26.2 Å². The van der Waals surface area contributed by atoms with Gasteiger partial charge >= 0.3 is 6.09 Å². The molecule has 0 spiro atoms. The molecule has 12 nitrogen and oxygen atoms in total. The van der Waals surface area contributed by atoms with Gasteiger partial charge in [0.25, 0.3) is 11.8 Å². The van der Waals surface area contributed by atoms with Crippen LogP contribution in [-0.4, -0.2) is 71.2 Å². The molecule has 2 aromatic carbocycles. The maximum Gasteiger partial charge on any atom is 0.411 e. The van der Waals surface area contributed by atoms with E-state index in [0.717, 1.165) is 10.5 Å². The van der Waals surface area contributed by atoms with Crippen LogP contribution in [0.25, 0.3) is 0 Å². The Kier molecular flexibility index (Phi) is 15.1. The molecule has 0 bridgehead atoms. The van der Waals surface area contributed by atoms with Gasteiger partial charge in [0.15, 0.2) is 0 Å². The van der Waals surface area contributed by atoms with Crippen molar-refractivity contribution in [1.82, 2.24) is 21.3 Å². The first kappa shape index (κ1) is 39.7. The molecule has 0 saturated carbocycles. The standard InChI is InChI=1S/C36H53N5O7/c1-20(2)15-29(30(42)16-23(7)32(43)40-31(21(3)4)35(46)37-22(5)6)39-34(45)27-17-26(18-28(19-27)41(9)36(47)48)33(44)38-24(8)25-13-11-10-12-14-25/h10-14,17-24,29-31,42H,15-16H2,1-9H3,(H,37,46)(H,38,44)(H,39,45)(H,40,43)(H,47,48). The van der Waals surface area contributed by atoms with E-state index in [1.54, 1.807) is 6.92 Å². The topological polar surface area (TPSA) is 177 Å². The van der Waals surface area contributed by atoms with Gasteiger partial charge in [-0.2, -0.15) is 0 Å². The highest BCUT2D eigenvalue weighted by atomic mass is 16.4. The Bertz CT molecular complexity index is 1410. The quantitative estimate of drug-likeness (QED) is 0.153. The van der Waals surface area contributed by atoms with Gasteiger partial charge in [0.2, 0.25) is 11.8 Å². The Labute approximate surface area is 284 Å². The predicted octanol–water partition coefficient (Wildman–Crippen LogP) is 4.49. The average molecular weight is 668 g/mol. The Balaban J connectivity index is 2.29. The molecule has 264 valence electrons. The zero-order chi connectivity index (χ0) is 36.3. The van der Waals surface area contributed by atoms with Crippen LogP contribution in [0.1, 0.15) is 101 Å². The number of carbonyl (C=O) groups is 5. The molecule has 6 N–H and O–H groups in total. The second-order valence-electron chi connectivity index (χ2n) is 13.5. The lowest BCUT2D eigenvalue weighted by Crippen LogP contribution is -2.53. The maximum atomic E-state index is 13.7. The van der Waals surface area contributed by atoms with Crippen molar-refractivity contribution in [3.05, 3.63) is 65.2 Å². The average Bonchev–Trinajstić information content (AvgIpc) is 3.01. The molecule has 0 radical (unpaired) electrons. The number of hydrogen-bond acceptors (Lipinski definition) is 6. The first-order chi connectivity index (χ1) is 22.4. The van der Waals surface area contributed by atoms with Crippen molar-refractivity contribution in [3.8, 4) is 0 Å². The van der Waals surface area contributed by atoms with E-state index in [1.807, 2.05) is 78.8 Å². The first-order valence-corrected chi connectivity index (χ1v) is 16.5. The van der Waals surface area contributed by atoms with Crippen LogP contribution in [0.15, 0.2) is 48.5 Å². The molecule has 0 aromatic heterocycles. The summed E-state index contributed by atoms with van der Waals surface area (Å²) in [6.07, 6.45) is -2.02. The first-order valence-electron chi connectivity index (χ1n) is 16.5. The minimum Gasteiger partial charge on any atom is -0.465 e. The van der Waals surface area contributed by atoms with E-state index in [4.69, 9.17) is 0 Å². The van der Waals surface area contributed by atoms with Crippen molar-refractivity contribution in [1.29, 1.82) is 0 Å². The van der Waals surface area contributed by atoms with Gasteiger partial charge in [-0.25, -0.2) is 4.79 Å². The van der Waals surface area contributed by atoms with Crippen molar-refractivity contribution in [3.63, 3.8) is 0 Å². The van der Waals surface area contributed by atoms with E-state index < -0.39 is 47.9 Å². The highest BCUT2D eigenvalue weighted by molar-refractivity contribution is 6.02.